The molecule has 0 spiro atoms. The van der Waals surface area contributed by atoms with Crippen molar-refractivity contribution in [1.29, 1.82) is 0 Å². The van der Waals surface area contributed by atoms with E-state index in [1.165, 1.54) is 0 Å². The summed E-state index contributed by atoms with van der Waals surface area (Å²) in [6.45, 7) is 4.53. The molecule has 0 amide bonds. The van der Waals surface area contributed by atoms with Crippen molar-refractivity contribution in [2.75, 3.05) is 11.9 Å². The highest BCUT2D eigenvalue weighted by molar-refractivity contribution is 5.91. The second-order valence-corrected chi connectivity index (χ2v) is 3.86. The van der Waals surface area contributed by atoms with Gasteiger partial charge < -0.3 is 10.4 Å². The predicted molar refractivity (Wildman–Crippen MR) is 57.5 cm³/mol. The first-order chi connectivity index (χ1) is 7.11. The summed E-state index contributed by atoms with van der Waals surface area (Å²) in [4.78, 5) is 15.4. The zero-order valence-corrected chi connectivity index (χ0v) is 8.92. The second kappa shape index (κ2) is 3.53. The number of hydrogen-bond acceptors (Lipinski definition) is 3. The molecule has 1 aromatic rings. The van der Waals surface area contributed by atoms with Gasteiger partial charge in [-0.3, -0.25) is 0 Å². The Hall–Kier alpha value is -1.58. The van der Waals surface area contributed by atoms with Crippen LogP contribution in [0.5, 0.6) is 0 Å². The average Bonchev–Trinajstić information content (AvgIpc) is 2.17. The molecule has 4 nitrogen and oxygen atoms in total. The number of rotatable bonds is 1. The Bertz CT molecular complexity index is 427. The van der Waals surface area contributed by atoms with Gasteiger partial charge in [-0.2, -0.15) is 0 Å². The summed E-state index contributed by atoms with van der Waals surface area (Å²) in [5.74, 6) is -0.0212. The summed E-state index contributed by atoms with van der Waals surface area (Å²) < 4.78 is 0. The smallest absolute Gasteiger partial charge is 0.337 e. The van der Waals surface area contributed by atoms with E-state index in [0.717, 1.165) is 36.3 Å². The standard InChI is InChI=1S/C11H14N2O2/c1-6-8-4-3-5-12-10(8)13-7(2)9(6)11(14)15/h3-5H2,1-2H3,(H,12,13)(H,14,15). The molecule has 0 radical (unpaired) electrons. The quantitative estimate of drug-likeness (QED) is 0.734. The zero-order valence-electron chi connectivity index (χ0n) is 8.92. The Labute approximate surface area is 88.3 Å². The summed E-state index contributed by atoms with van der Waals surface area (Å²) in [7, 11) is 0. The molecular weight excluding hydrogens is 192 g/mol. The topological polar surface area (TPSA) is 62.2 Å². The van der Waals surface area contributed by atoms with E-state index < -0.39 is 5.97 Å². The van der Waals surface area contributed by atoms with Crippen LogP contribution in [0.4, 0.5) is 5.82 Å². The molecule has 0 saturated carbocycles. The largest absolute Gasteiger partial charge is 0.478 e. The lowest BCUT2D eigenvalue weighted by Crippen LogP contribution is -2.18. The van der Waals surface area contributed by atoms with Crippen LogP contribution in [0.3, 0.4) is 0 Å². The average molecular weight is 206 g/mol. The van der Waals surface area contributed by atoms with Crippen molar-refractivity contribution in [3.05, 3.63) is 22.4 Å². The number of aromatic carboxylic acids is 1. The molecule has 0 bridgehead atoms. The molecule has 1 aliphatic rings. The zero-order chi connectivity index (χ0) is 11.0. The normalized spacial score (nSPS) is 14.3. The van der Waals surface area contributed by atoms with E-state index >= 15 is 0 Å². The van der Waals surface area contributed by atoms with Crippen molar-refractivity contribution in [2.24, 2.45) is 0 Å². The van der Waals surface area contributed by atoms with E-state index in [2.05, 4.69) is 10.3 Å². The third-order valence-corrected chi connectivity index (χ3v) is 2.86. The first-order valence-electron chi connectivity index (χ1n) is 5.08. The van der Waals surface area contributed by atoms with Crippen LogP contribution in [-0.2, 0) is 6.42 Å². The van der Waals surface area contributed by atoms with Crippen molar-refractivity contribution in [3.63, 3.8) is 0 Å². The minimum atomic E-state index is -0.883. The number of carboxylic acids is 1. The number of anilines is 1. The number of carbonyl (C=O) groups is 1. The van der Waals surface area contributed by atoms with Gasteiger partial charge in [0.25, 0.3) is 0 Å². The Balaban J connectivity index is 2.64. The van der Waals surface area contributed by atoms with Gasteiger partial charge >= 0.3 is 5.97 Å². The highest BCUT2D eigenvalue weighted by atomic mass is 16.4. The molecule has 2 heterocycles. The maximum atomic E-state index is 11.1. The molecule has 0 aromatic carbocycles. The third kappa shape index (κ3) is 1.56. The maximum absolute atomic E-state index is 11.1. The third-order valence-electron chi connectivity index (χ3n) is 2.86. The summed E-state index contributed by atoms with van der Waals surface area (Å²) in [6.07, 6.45) is 1.96. The highest BCUT2D eigenvalue weighted by Gasteiger charge is 2.20. The minimum Gasteiger partial charge on any atom is -0.478 e. The molecule has 0 saturated heterocycles. The molecule has 2 rings (SSSR count). The van der Waals surface area contributed by atoms with Crippen LogP contribution in [0, 0.1) is 13.8 Å². The Morgan fingerprint density at radius 2 is 2.20 bits per heavy atom. The summed E-state index contributed by atoms with van der Waals surface area (Å²) in [5, 5.41) is 12.3. The monoisotopic (exact) mass is 206 g/mol. The molecule has 80 valence electrons. The van der Waals surface area contributed by atoms with Gasteiger partial charge in [0.2, 0.25) is 0 Å². The number of fused-ring (bicyclic) bond motifs is 1. The van der Waals surface area contributed by atoms with Gasteiger partial charge in [-0.15, -0.1) is 0 Å². The van der Waals surface area contributed by atoms with E-state index in [1.54, 1.807) is 6.92 Å². The van der Waals surface area contributed by atoms with Gasteiger partial charge in [0.05, 0.1) is 11.3 Å². The fourth-order valence-electron chi connectivity index (χ4n) is 2.13. The molecule has 1 aromatic heterocycles. The van der Waals surface area contributed by atoms with Gasteiger partial charge in [0.15, 0.2) is 0 Å². The van der Waals surface area contributed by atoms with E-state index in [-0.39, 0.29) is 0 Å². The molecule has 0 atom stereocenters. The van der Waals surface area contributed by atoms with E-state index in [0.29, 0.717) is 11.3 Å². The number of nitrogens with one attached hydrogen (secondary N) is 1. The lowest BCUT2D eigenvalue weighted by atomic mass is 9.96. The summed E-state index contributed by atoms with van der Waals surface area (Å²) in [6, 6.07) is 0. The molecule has 0 fully saturated rings. The van der Waals surface area contributed by atoms with Crippen LogP contribution in [0.2, 0.25) is 0 Å². The minimum absolute atomic E-state index is 0.359. The Kier molecular flexibility index (Phi) is 2.34. The molecule has 0 aliphatic carbocycles. The van der Waals surface area contributed by atoms with Crippen LogP contribution < -0.4 is 5.32 Å². The van der Waals surface area contributed by atoms with E-state index in [1.807, 2.05) is 6.92 Å². The fraction of sp³-hybridized carbons (Fsp3) is 0.455. The number of pyridine rings is 1. The van der Waals surface area contributed by atoms with Crippen LogP contribution in [0.1, 0.15) is 33.6 Å². The predicted octanol–water partition coefficient (Wildman–Crippen LogP) is 1.75. The number of hydrogen-bond donors (Lipinski definition) is 2. The van der Waals surface area contributed by atoms with Crippen LogP contribution >= 0.6 is 0 Å². The van der Waals surface area contributed by atoms with Crippen molar-refractivity contribution in [1.82, 2.24) is 4.98 Å². The maximum Gasteiger partial charge on any atom is 0.337 e. The fourth-order valence-corrected chi connectivity index (χ4v) is 2.13. The van der Waals surface area contributed by atoms with Crippen molar-refractivity contribution in [3.8, 4) is 0 Å². The first kappa shape index (κ1) is 9.96. The summed E-state index contributed by atoms with van der Waals surface area (Å²) >= 11 is 0. The Morgan fingerprint density at radius 3 is 2.87 bits per heavy atom. The molecule has 4 heteroatoms. The lowest BCUT2D eigenvalue weighted by molar-refractivity contribution is 0.0694. The lowest BCUT2D eigenvalue weighted by Gasteiger charge is -2.21. The number of nitrogens with zero attached hydrogens (tertiary/aromatic N) is 1. The molecule has 0 unspecified atom stereocenters. The van der Waals surface area contributed by atoms with Gasteiger partial charge in [-0.05, 0) is 37.8 Å². The van der Waals surface area contributed by atoms with Crippen molar-refractivity contribution >= 4 is 11.8 Å². The van der Waals surface area contributed by atoms with Gasteiger partial charge in [0, 0.05) is 6.54 Å². The van der Waals surface area contributed by atoms with Crippen molar-refractivity contribution in [2.45, 2.75) is 26.7 Å². The van der Waals surface area contributed by atoms with Crippen molar-refractivity contribution < 1.29 is 9.90 Å². The first-order valence-corrected chi connectivity index (χ1v) is 5.08. The van der Waals surface area contributed by atoms with Gasteiger partial charge in [0.1, 0.15) is 5.82 Å². The number of carboxylic acid groups (broad SMARTS) is 1. The molecule has 2 N–H and O–H groups in total. The Morgan fingerprint density at radius 1 is 1.47 bits per heavy atom. The number of aryl methyl sites for hydroxylation is 1. The van der Waals surface area contributed by atoms with E-state index in [4.69, 9.17) is 5.11 Å². The van der Waals surface area contributed by atoms with E-state index in [9.17, 15) is 4.79 Å². The summed E-state index contributed by atoms with van der Waals surface area (Å²) in [5.41, 5.74) is 2.87. The highest BCUT2D eigenvalue weighted by Crippen LogP contribution is 2.27. The van der Waals surface area contributed by atoms with Crippen LogP contribution in [0.25, 0.3) is 0 Å². The molecular formula is C11H14N2O2. The van der Waals surface area contributed by atoms with Crippen LogP contribution in [-0.4, -0.2) is 22.6 Å². The van der Waals surface area contributed by atoms with Gasteiger partial charge in [-0.1, -0.05) is 0 Å². The second-order valence-electron chi connectivity index (χ2n) is 3.86. The van der Waals surface area contributed by atoms with Gasteiger partial charge in [-0.25, -0.2) is 9.78 Å². The molecule has 15 heavy (non-hydrogen) atoms. The number of aromatic nitrogens is 1. The SMILES string of the molecule is Cc1nc2c(c(C)c1C(=O)O)CCCN2. The van der Waals surface area contributed by atoms with Crippen LogP contribution in [0.15, 0.2) is 0 Å². The molecule has 1 aliphatic heterocycles.